The summed E-state index contributed by atoms with van der Waals surface area (Å²) in [4.78, 5) is 22.4. The Morgan fingerprint density at radius 1 is 1.26 bits per heavy atom. The number of carboxylic acid groups (broad SMARTS) is 1. The molecule has 0 saturated heterocycles. The van der Waals surface area contributed by atoms with Crippen LogP contribution < -0.4 is 11.1 Å². The molecule has 0 spiro atoms. The molecule has 0 aliphatic carbocycles. The van der Waals surface area contributed by atoms with Crippen LogP contribution in [0.1, 0.15) is 46.5 Å². The number of amides is 1. The fourth-order valence-electron chi connectivity index (χ4n) is 2.09. The van der Waals surface area contributed by atoms with Crippen molar-refractivity contribution < 1.29 is 14.7 Å². The van der Waals surface area contributed by atoms with Gasteiger partial charge in [-0.25, -0.2) is 0 Å². The van der Waals surface area contributed by atoms with E-state index in [0.717, 1.165) is 12.8 Å². The lowest BCUT2D eigenvalue weighted by atomic mass is 9.94. The summed E-state index contributed by atoms with van der Waals surface area (Å²) in [5.41, 5.74) is 5.59. The molecular weight excluding hydrogens is 244 g/mol. The monoisotopic (exact) mass is 272 g/mol. The van der Waals surface area contributed by atoms with Gasteiger partial charge in [0.15, 0.2) is 0 Å². The van der Waals surface area contributed by atoms with E-state index < -0.39 is 5.97 Å². The van der Waals surface area contributed by atoms with E-state index in [-0.39, 0.29) is 24.2 Å². The summed E-state index contributed by atoms with van der Waals surface area (Å²) < 4.78 is 0. The van der Waals surface area contributed by atoms with E-state index in [4.69, 9.17) is 10.8 Å². The molecule has 5 nitrogen and oxygen atoms in total. The van der Waals surface area contributed by atoms with Gasteiger partial charge in [0.05, 0.1) is 5.92 Å². The van der Waals surface area contributed by atoms with E-state index in [1.54, 1.807) is 0 Å². The van der Waals surface area contributed by atoms with Crippen molar-refractivity contribution in [2.45, 2.75) is 46.5 Å². The SMILES string of the molecule is CCC(CCNC(=O)C(CN)C(C)C)CCC(=O)O. The van der Waals surface area contributed by atoms with Crippen molar-refractivity contribution >= 4 is 11.9 Å². The maximum absolute atomic E-state index is 11.9. The largest absolute Gasteiger partial charge is 0.481 e. The fourth-order valence-corrected chi connectivity index (χ4v) is 2.09. The van der Waals surface area contributed by atoms with E-state index >= 15 is 0 Å². The molecule has 2 unspecified atom stereocenters. The zero-order valence-electron chi connectivity index (χ0n) is 12.3. The summed E-state index contributed by atoms with van der Waals surface area (Å²) >= 11 is 0. The van der Waals surface area contributed by atoms with Gasteiger partial charge in [-0.2, -0.15) is 0 Å². The van der Waals surface area contributed by atoms with Crippen LogP contribution in [-0.4, -0.2) is 30.1 Å². The Bertz CT molecular complexity index is 280. The van der Waals surface area contributed by atoms with Gasteiger partial charge >= 0.3 is 5.97 Å². The summed E-state index contributed by atoms with van der Waals surface area (Å²) in [5.74, 6) is -0.305. The van der Waals surface area contributed by atoms with Gasteiger partial charge in [0.2, 0.25) is 5.91 Å². The molecule has 0 aromatic carbocycles. The third-order valence-corrected chi connectivity index (χ3v) is 3.59. The summed E-state index contributed by atoms with van der Waals surface area (Å²) in [6.07, 6.45) is 2.63. The molecule has 4 N–H and O–H groups in total. The molecule has 0 radical (unpaired) electrons. The molecule has 0 aliphatic rings. The van der Waals surface area contributed by atoms with Gasteiger partial charge in [-0.3, -0.25) is 9.59 Å². The highest BCUT2D eigenvalue weighted by molar-refractivity contribution is 5.79. The minimum atomic E-state index is -0.759. The Morgan fingerprint density at radius 2 is 1.89 bits per heavy atom. The molecule has 112 valence electrons. The lowest BCUT2D eigenvalue weighted by Crippen LogP contribution is -2.38. The van der Waals surface area contributed by atoms with Crippen molar-refractivity contribution in [1.29, 1.82) is 0 Å². The normalized spacial score (nSPS) is 14.2. The van der Waals surface area contributed by atoms with Crippen molar-refractivity contribution in [2.75, 3.05) is 13.1 Å². The van der Waals surface area contributed by atoms with Gasteiger partial charge in [-0.15, -0.1) is 0 Å². The van der Waals surface area contributed by atoms with Crippen LogP contribution in [0.2, 0.25) is 0 Å². The number of aliphatic carboxylic acids is 1. The van der Waals surface area contributed by atoms with Crippen LogP contribution >= 0.6 is 0 Å². The number of hydrogen-bond acceptors (Lipinski definition) is 3. The summed E-state index contributed by atoms with van der Waals surface area (Å²) in [6.45, 7) is 6.97. The molecule has 0 heterocycles. The molecule has 1 amide bonds. The first-order valence-electron chi connectivity index (χ1n) is 7.11. The topological polar surface area (TPSA) is 92.4 Å². The molecule has 0 bridgehead atoms. The van der Waals surface area contributed by atoms with Crippen LogP contribution in [0, 0.1) is 17.8 Å². The second-order valence-electron chi connectivity index (χ2n) is 5.37. The first kappa shape index (κ1) is 17.9. The van der Waals surface area contributed by atoms with E-state index in [0.29, 0.717) is 25.4 Å². The minimum Gasteiger partial charge on any atom is -0.481 e. The average molecular weight is 272 g/mol. The lowest BCUT2D eigenvalue weighted by Gasteiger charge is -2.19. The summed E-state index contributed by atoms with van der Waals surface area (Å²) in [6, 6.07) is 0. The molecule has 0 aliphatic heterocycles. The molecule has 19 heavy (non-hydrogen) atoms. The van der Waals surface area contributed by atoms with Crippen LogP contribution in [0.5, 0.6) is 0 Å². The minimum absolute atomic E-state index is 0.00517. The highest BCUT2D eigenvalue weighted by atomic mass is 16.4. The van der Waals surface area contributed by atoms with Crippen molar-refractivity contribution in [2.24, 2.45) is 23.5 Å². The number of carbonyl (C=O) groups excluding carboxylic acids is 1. The second-order valence-corrected chi connectivity index (χ2v) is 5.37. The standard InChI is InChI=1S/C14H28N2O3/c1-4-11(5-6-13(17)18)7-8-16-14(19)12(9-15)10(2)3/h10-12H,4-9,15H2,1-3H3,(H,16,19)(H,17,18). The lowest BCUT2D eigenvalue weighted by molar-refractivity contribution is -0.137. The third kappa shape index (κ3) is 7.82. The Morgan fingerprint density at radius 3 is 2.32 bits per heavy atom. The predicted octanol–water partition coefficient (Wildman–Crippen LogP) is 1.61. The molecule has 0 rings (SSSR count). The highest BCUT2D eigenvalue weighted by Gasteiger charge is 2.20. The second kappa shape index (κ2) is 9.78. The summed E-state index contributed by atoms with van der Waals surface area (Å²) in [7, 11) is 0. The first-order valence-corrected chi connectivity index (χ1v) is 7.11. The molecule has 2 atom stereocenters. The van der Waals surface area contributed by atoms with Crippen LogP contribution in [-0.2, 0) is 9.59 Å². The fraction of sp³-hybridized carbons (Fsp3) is 0.857. The van der Waals surface area contributed by atoms with Crippen molar-refractivity contribution in [3.8, 4) is 0 Å². The summed E-state index contributed by atoms with van der Waals surface area (Å²) in [5, 5.41) is 11.6. The van der Waals surface area contributed by atoms with E-state index in [9.17, 15) is 9.59 Å². The number of hydrogen-bond donors (Lipinski definition) is 3. The van der Waals surface area contributed by atoms with Crippen LogP contribution in [0.4, 0.5) is 0 Å². The molecule has 0 aromatic rings. The zero-order valence-corrected chi connectivity index (χ0v) is 12.3. The van der Waals surface area contributed by atoms with E-state index in [1.165, 1.54) is 0 Å². The Labute approximate surface area is 115 Å². The van der Waals surface area contributed by atoms with Gasteiger partial charge in [-0.1, -0.05) is 27.2 Å². The maximum Gasteiger partial charge on any atom is 0.303 e. The van der Waals surface area contributed by atoms with Crippen LogP contribution in [0.3, 0.4) is 0 Å². The van der Waals surface area contributed by atoms with Crippen molar-refractivity contribution in [1.82, 2.24) is 5.32 Å². The average Bonchev–Trinajstić information content (AvgIpc) is 2.33. The van der Waals surface area contributed by atoms with E-state index in [2.05, 4.69) is 5.32 Å². The smallest absolute Gasteiger partial charge is 0.303 e. The Balaban J connectivity index is 3.98. The third-order valence-electron chi connectivity index (χ3n) is 3.59. The molecular formula is C14H28N2O3. The van der Waals surface area contributed by atoms with Gasteiger partial charge in [0, 0.05) is 19.5 Å². The number of carbonyl (C=O) groups is 2. The van der Waals surface area contributed by atoms with Gasteiger partial charge in [-0.05, 0) is 24.7 Å². The van der Waals surface area contributed by atoms with Gasteiger partial charge < -0.3 is 16.2 Å². The van der Waals surface area contributed by atoms with Gasteiger partial charge in [0.1, 0.15) is 0 Å². The number of nitrogens with one attached hydrogen (secondary N) is 1. The van der Waals surface area contributed by atoms with Crippen molar-refractivity contribution in [3.05, 3.63) is 0 Å². The predicted molar refractivity (Wildman–Crippen MR) is 75.7 cm³/mol. The quantitative estimate of drug-likeness (QED) is 0.563. The zero-order chi connectivity index (χ0) is 14.8. The Kier molecular flexibility index (Phi) is 9.21. The van der Waals surface area contributed by atoms with E-state index in [1.807, 2.05) is 20.8 Å². The van der Waals surface area contributed by atoms with Crippen LogP contribution in [0.25, 0.3) is 0 Å². The molecule has 0 saturated carbocycles. The first-order chi connectivity index (χ1) is 8.92. The van der Waals surface area contributed by atoms with Gasteiger partial charge in [0.25, 0.3) is 0 Å². The number of rotatable bonds is 10. The number of carboxylic acids is 1. The maximum atomic E-state index is 11.9. The van der Waals surface area contributed by atoms with Crippen molar-refractivity contribution in [3.63, 3.8) is 0 Å². The molecule has 0 fully saturated rings. The number of nitrogens with two attached hydrogens (primary N) is 1. The van der Waals surface area contributed by atoms with Crippen LogP contribution in [0.15, 0.2) is 0 Å². The molecule has 0 aromatic heterocycles. The highest BCUT2D eigenvalue weighted by Crippen LogP contribution is 2.15. The Hall–Kier alpha value is -1.10. The molecule has 5 heteroatoms.